The van der Waals surface area contributed by atoms with Crippen molar-refractivity contribution in [3.63, 3.8) is 0 Å². The molecule has 114 valence electrons. The minimum absolute atomic E-state index is 0.221. The number of guanidine groups is 1. The summed E-state index contributed by atoms with van der Waals surface area (Å²) in [5.41, 5.74) is 2.05. The molecule has 0 amide bonds. The van der Waals surface area contributed by atoms with Gasteiger partial charge in [-0.25, -0.2) is 9.90 Å². The van der Waals surface area contributed by atoms with Crippen LogP contribution >= 0.6 is 23.2 Å². The van der Waals surface area contributed by atoms with Gasteiger partial charge in [-0.15, -0.1) is 0 Å². The highest BCUT2D eigenvalue weighted by atomic mass is 35.5. The third-order valence-corrected chi connectivity index (χ3v) is 4.04. The van der Waals surface area contributed by atoms with Gasteiger partial charge in [-0.05, 0) is 42.3 Å². The second kappa shape index (κ2) is 5.47. The van der Waals surface area contributed by atoms with Crippen molar-refractivity contribution in [3.05, 3.63) is 58.1 Å². The van der Waals surface area contributed by atoms with Gasteiger partial charge in [-0.1, -0.05) is 41.4 Å². The molecule has 0 radical (unpaired) electrons. The summed E-state index contributed by atoms with van der Waals surface area (Å²) in [7, 11) is 1.70. The summed E-state index contributed by atoms with van der Waals surface area (Å²) in [4.78, 5) is 5.73. The molecule has 2 N–H and O–H groups in total. The van der Waals surface area contributed by atoms with Crippen LogP contribution in [0.2, 0.25) is 10.0 Å². The van der Waals surface area contributed by atoms with Crippen molar-refractivity contribution in [2.75, 3.05) is 7.05 Å². The molecule has 1 fully saturated rings. The molecule has 1 unspecified atom stereocenters. The van der Waals surface area contributed by atoms with E-state index >= 15 is 0 Å². The van der Waals surface area contributed by atoms with Crippen molar-refractivity contribution >= 4 is 29.2 Å². The van der Waals surface area contributed by atoms with Crippen LogP contribution in [0, 0.1) is 5.41 Å². The molecule has 1 saturated heterocycles. The van der Waals surface area contributed by atoms with Crippen LogP contribution in [0.25, 0.3) is 11.1 Å². The number of hydrogen-bond donors (Lipinski definition) is 2. The second-order valence-electron chi connectivity index (χ2n) is 5.33. The van der Waals surface area contributed by atoms with Crippen LogP contribution in [-0.4, -0.2) is 18.1 Å². The van der Waals surface area contributed by atoms with E-state index in [9.17, 15) is 0 Å². The third kappa shape index (κ3) is 2.77. The van der Waals surface area contributed by atoms with Gasteiger partial charge in [0, 0.05) is 22.7 Å². The second-order valence-corrected chi connectivity index (χ2v) is 6.21. The number of nitrogens with one attached hydrogen (secondary N) is 2. The molecule has 0 aromatic heterocycles. The molecule has 1 heterocycles. The fraction of sp³-hybridized carbons (Fsp3) is 0.188. The Balaban J connectivity index is 2.01. The van der Waals surface area contributed by atoms with E-state index in [1.807, 2.05) is 43.3 Å². The van der Waals surface area contributed by atoms with Crippen LogP contribution in [-0.2, 0) is 10.6 Å². The van der Waals surface area contributed by atoms with Crippen LogP contribution < -0.4 is 5.32 Å². The topological polar surface area (TPSA) is 48.4 Å². The Labute approximate surface area is 139 Å². The van der Waals surface area contributed by atoms with E-state index in [2.05, 4.69) is 5.32 Å². The predicted molar refractivity (Wildman–Crippen MR) is 89.0 cm³/mol. The van der Waals surface area contributed by atoms with Gasteiger partial charge in [0.1, 0.15) is 0 Å². The van der Waals surface area contributed by atoms with Gasteiger partial charge in [0.15, 0.2) is 5.72 Å². The lowest BCUT2D eigenvalue weighted by Gasteiger charge is -2.23. The Morgan fingerprint density at radius 2 is 1.77 bits per heavy atom. The molecule has 22 heavy (non-hydrogen) atoms. The quantitative estimate of drug-likeness (QED) is 0.863. The zero-order chi connectivity index (χ0) is 15.9. The molecule has 2 aromatic rings. The van der Waals surface area contributed by atoms with Crippen LogP contribution in [0.3, 0.4) is 0 Å². The van der Waals surface area contributed by atoms with E-state index in [0.717, 1.165) is 16.7 Å². The number of rotatable bonds is 2. The van der Waals surface area contributed by atoms with Crippen LogP contribution in [0.1, 0.15) is 12.5 Å². The largest absolute Gasteiger partial charge is 0.321 e. The van der Waals surface area contributed by atoms with Gasteiger partial charge in [0.05, 0.1) is 0 Å². The molecule has 0 spiro atoms. The Kier molecular flexibility index (Phi) is 3.77. The maximum atomic E-state index is 7.79. The number of hydroxylamine groups is 2. The number of nitrogens with zero attached hydrogens (tertiary/aromatic N) is 1. The van der Waals surface area contributed by atoms with E-state index in [0.29, 0.717) is 10.0 Å². The summed E-state index contributed by atoms with van der Waals surface area (Å²) < 4.78 is 0. The van der Waals surface area contributed by atoms with Gasteiger partial charge in [0.25, 0.3) is 0 Å². The van der Waals surface area contributed by atoms with Crippen LogP contribution in [0.15, 0.2) is 42.5 Å². The zero-order valence-corrected chi connectivity index (χ0v) is 13.7. The Hall–Kier alpha value is -1.75. The standard InChI is InChI=1S/C16H15Cl2N3O/c1-16(20-15(19)21(2)22-16)12-5-3-4-10(6-12)11-7-13(17)9-14(18)8-11/h3-9H,1-2H3,(H2,19,20). The highest BCUT2D eigenvalue weighted by Crippen LogP contribution is 2.32. The molecular weight excluding hydrogens is 321 g/mol. The Morgan fingerprint density at radius 3 is 2.36 bits per heavy atom. The molecule has 0 saturated carbocycles. The van der Waals surface area contributed by atoms with Crippen molar-refractivity contribution in [1.82, 2.24) is 10.4 Å². The van der Waals surface area contributed by atoms with E-state index < -0.39 is 5.72 Å². The monoisotopic (exact) mass is 335 g/mol. The number of hydrogen-bond acceptors (Lipinski definition) is 2. The van der Waals surface area contributed by atoms with E-state index in [-0.39, 0.29) is 5.96 Å². The Bertz CT molecular complexity index is 730. The predicted octanol–water partition coefficient (Wildman–Crippen LogP) is 4.23. The molecule has 1 aliphatic rings. The molecule has 1 atom stereocenters. The first-order valence-corrected chi connectivity index (χ1v) is 7.49. The van der Waals surface area contributed by atoms with E-state index in [4.69, 9.17) is 33.4 Å². The van der Waals surface area contributed by atoms with Crippen LogP contribution in [0.5, 0.6) is 0 Å². The summed E-state index contributed by atoms with van der Waals surface area (Å²) in [5.74, 6) is 0.221. The first-order valence-electron chi connectivity index (χ1n) is 6.74. The van der Waals surface area contributed by atoms with Crippen molar-refractivity contribution in [3.8, 4) is 11.1 Å². The lowest BCUT2D eigenvalue weighted by atomic mass is 9.98. The summed E-state index contributed by atoms with van der Waals surface area (Å²) in [6, 6.07) is 13.3. The molecular formula is C16H15Cl2N3O. The first kappa shape index (κ1) is 15.2. The Morgan fingerprint density at radius 1 is 1.09 bits per heavy atom. The third-order valence-electron chi connectivity index (χ3n) is 3.60. The molecule has 6 heteroatoms. The van der Waals surface area contributed by atoms with E-state index in [1.165, 1.54) is 5.06 Å². The molecule has 2 aromatic carbocycles. The average Bonchev–Trinajstić information content (AvgIpc) is 2.72. The molecule has 4 nitrogen and oxygen atoms in total. The van der Waals surface area contributed by atoms with Crippen molar-refractivity contribution in [2.45, 2.75) is 12.6 Å². The maximum Gasteiger partial charge on any atom is 0.217 e. The van der Waals surface area contributed by atoms with Gasteiger partial charge in [-0.2, -0.15) is 0 Å². The lowest BCUT2D eigenvalue weighted by molar-refractivity contribution is -0.161. The smallest absolute Gasteiger partial charge is 0.217 e. The van der Waals surface area contributed by atoms with Gasteiger partial charge < -0.3 is 5.32 Å². The molecule has 1 aliphatic heterocycles. The number of halogens is 2. The van der Waals surface area contributed by atoms with Crippen molar-refractivity contribution in [2.24, 2.45) is 0 Å². The minimum Gasteiger partial charge on any atom is -0.321 e. The minimum atomic E-state index is -0.774. The van der Waals surface area contributed by atoms with Crippen LogP contribution in [0.4, 0.5) is 0 Å². The summed E-state index contributed by atoms with van der Waals surface area (Å²) in [6.07, 6.45) is 0. The maximum absolute atomic E-state index is 7.79. The average molecular weight is 336 g/mol. The zero-order valence-electron chi connectivity index (χ0n) is 12.2. The first-order chi connectivity index (χ1) is 10.4. The highest BCUT2D eigenvalue weighted by Gasteiger charge is 2.38. The van der Waals surface area contributed by atoms with Crippen molar-refractivity contribution < 1.29 is 4.84 Å². The van der Waals surface area contributed by atoms with Gasteiger partial charge >= 0.3 is 0 Å². The summed E-state index contributed by atoms with van der Waals surface area (Å²) in [6.45, 7) is 1.88. The molecule has 3 rings (SSSR count). The summed E-state index contributed by atoms with van der Waals surface area (Å²) >= 11 is 12.2. The number of benzene rings is 2. The van der Waals surface area contributed by atoms with Gasteiger partial charge in [-0.3, -0.25) is 5.41 Å². The normalized spacial score (nSPS) is 21.1. The SMILES string of the molecule is CN1OC(C)(c2cccc(-c3cc(Cl)cc(Cl)c3)c2)NC1=N. The van der Waals surface area contributed by atoms with Crippen molar-refractivity contribution in [1.29, 1.82) is 5.41 Å². The van der Waals surface area contributed by atoms with E-state index in [1.54, 1.807) is 13.1 Å². The van der Waals surface area contributed by atoms with Gasteiger partial charge in [0.2, 0.25) is 5.96 Å². The fourth-order valence-corrected chi connectivity index (χ4v) is 3.01. The lowest BCUT2D eigenvalue weighted by Crippen LogP contribution is -2.36. The highest BCUT2D eigenvalue weighted by molar-refractivity contribution is 6.35. The molecule has 0 aliphatic carbocycles. The molecule has 0 bridgehead atoms. The summed E-state index contributed by atoms with van der Waals surface area (Å²) in [5, 5.41) is 13.4. The fourth-order valence-electron chi connectivity index (χ4n) is 2.49.